The van der Waals surface area contributed by atoms with Crippen LogP contribution < -0.4 is 5.32 Å². The Morgan fingerprint density at radius 1 is 1.00 bits per heavy atom. The zero-order chi connectivity index (χ0) is 22.5. The van der Waals surface area contributed by atoms with Crippen molar-refractivity contribution in [3.63, 3.8) is 0 Å². The molecule has 1 amide bonds. The molecule has 0 spiro atoms. The van der Waals surface area contributed by atoms with Gasteiger partial charge >= 0.3 is 0 Å². The summed E-state index contributed by atoms with van der Waals surface area (Å²) in [7, 11) is 0. The van der Waals surface area contributed by atoms with Crippen LogP contribution in [-0.2, 0) is 4.79 Å². The summed E-state index contributed by atoms with van der Waals surface area (Å²) < 4.78 is 0. The molecule has 0 radical (unpaired) electrons. The Bertz CT molecular complexity index is 1040. The van der Waals surface area contributed by atoms with Gasteiger partial charge < -0.3 is 5.32 Å². The second kappa shape index (κ2) is 10.3. The summed E-state index contributed by atoms with van der Waals surface area (Å²) in [4.78, 5) is 21.9. The molecule has 0 unspecified atom stereocenters. The van der Waals surface area contributed by atoms with Crippen LogP contribution in [-0.4, -0.2) is 21.6 Å². The van der Waals surface area contributed by atoms with Gasteiger partial charge in [-0.25, -0.2) is 9.97 Å². The molecule has 0 saturated heterocycles. The number of anilines is 1. The Labute approximate surface area is 193 Å². The number of carbonyl (C=O) groups is 1. The summed E-state index contributed by atoms with van der Waals surface area (Å²) in [5, 5.41) is 4.42. The quantitative estimate of drug-likeness (QED) is 0.306. The van der Waals surface area contributed by atoms with Crippen LogP contribution in [0.5, 0.6) is 0 Å². The maximum absolute atomic E-state index is 12.8. The maximum Gasteiger partial charge on any atom is 0.234 e. The molecule has 0 bridgehead atoms. The van der Waals surface area contributed by atoms with Crippen LogP contribution in [0, 0.1) is 6.92 Å². The smallest absolute Gasteiger partial charge is 0.234 e. The molecule has 6 heteroatoms. The number of para-hydroxylation sites is 1. The number of thioether (sulfide) groups is 1. The first-order valence-electron chi connectivity index (χ1n) is 10.4. The van der Waals surface area contributed by atoms with Gasteiger partial charge in [0, 0.05) is 22.0 Å². The average Bonchev–Trinajstić information content (AvgIpc) is 2.72. The van der Waals surface area contributed by atoms with Crippen LogP contribution in [0.15, 0.2) is 53.7 Å². The van der Waals surface area contributed by atoms with Crippen molar-refractivity contribution in [2.45, 2.75) is 51.6 Å². The Balaban J connectivity index is 1.76. The second-order valence-corrected chi connectivity index (χ2v) is 9.52. The second-order valence-electron chi connectivity index (χ2n) is 8.14. The molecule has 31 heavy (non-hydrogen) atoms. The largest absolute Gasteiger partial charge is 0.325 e. The predicted molar refractivity (Wildman–Crippen MR) is 131 cm³/mol. The topological polar surface area (TPSA) is 54.9 Å². The lowest BCUT2D eigenvalue weighted by molar-refractivity contribution is -0.113. The van der Waals surface area contributed by atoms with E-state index in [4.69, 9.17) is 11.6 Å². The number of hydrogen-bond acceptors (Lipinski definition) is 4. The first-order chi connectivity index (χ1) is 14.7. The van der Waals surface area contributed by atoms with Crippen LogP contribution in [0.25, 0.3) is 11.3 Å². The fraction of sp³-hybridized carbons (Fsp3) is 0.320. The summed E-state index contributed by atoms with van der Waals surface area (Å²) in [5.74, 6) is 0.832. The number of rotatable bonds is 7. The number of aryl methyl sites for hydroxylation is 1. The number of amides is 1. The molecule has 0 fully saturated rings. The number of halogens is 1. The molecule has 1 heterocycles. The van der Waals surface area contributed by atoms with Crippen molar-refractivity contribution in [3.8, 4) is 11.3 Å². The molecular formula is C25H28ClN3OS. The fourth-order valence-corrected chi connectivity index (χ4v) is 4.21. The molecule has 162 valence electrons. The Hall–Kier alpha value is -2.37. The highest BCUT2D eigenvalue weighted by molar-refractivity contribution is 7.99. The third-order valence-corrected chi connectivity index (χ3v) is 6.04. The van der Waals surface area contributed by atoms with Crippen LogP contribution in [0.3, 0.4) is 0 Å². The van der Waals surface area contributed by atoms with Crippen LogP contribution in [0.1, 0.15) is 56.4 Å². The van der Waals surface area contributed by atoms with E-state index < -0.39 is 0 Å². The van der Waals surface area contributed by atoms with Gasteiger partial charge in [-0.05, 0) is 48.1 Å². The summed E-state index contributed by atoms with van der Waals surface area (Å²) in [6.07, 6.45) is 0. The van der Waals surface area contributed by atoms with E-state index in [1.54, 1.807) is 0 Å². The normalized spacial score (nSPS) is 11.2. The van der Waals surface area contributed by atoms with Gasteiger partial charge in [0.1, 0.15) is 0 Å². The zero-order valence-electron chi connectivity index (χ0n) is 18.6. The molecule has 1 N–H and O–H groups in total. The molecule has 0 aliphatic heterocycles. The molecule has 1 aromatic heterocycles. The monoisotopic (exact) mass is 453 g/mol. The molecule has 0 atom stereocenters. The van der Waals surface area contributed by atoms with Crippen molar-refractivity contribution < 1.29 is 4.79 Å². The highest BCUT2D eigenvalue weighted by Crippen LogP contribution is 2.32. The van der Waals surface area contributed by atoms with E-state index in [9.17, 15) is 4.79 Å². The van der Waals surface area contributed by atoms with Crippen molar-refractivity contribution >= 4 is 35.0 Å². The SMILES string of the molecule is Cc1cc(-c2ccc(Cl)cc2)nc(SCC(=O)Nc2c(C(C)C)cccc2C(C)C)n1. The summed E-state index contributed by atoms with van der Waals surface area (Å²) in [6.45, 7) is 10.5. The Morgan fingerprint density at radius 2 is 1.61 bits per heavy atom. The van der Waals surface area contributed by atoms with E-state index in [-0.39, 0.29) is 11.7 Å². The lowest BCUT2D eigenvalue weighted by atomic mass is 9.92. The Kier molecular flexibility index (Phi) is 7.74. The number of nitrogens with zero attached hydrogens (tertiary/aromatic N) is 2. The first kappa shape index (κ1) is 23.3. The van der Waals surface area contributed by atoms with Gasteiger partial charge in [0.15, 0.2) is 5.16 Å². The molecule has 3 rings (SSSR count). The third-order valence-electron chi connectivity index (χ3n) is 4.94. The van der Waals surface area contributed by atoms with E-state index in [1.807, 2.05) is 37.3 Å². The molecular weight excluding hydrogens is 426 g/mol. The lowest BCUT2D eigenvalue weighted by Gasteiger charge is -2.20. The molecule has 3 aromatic rings. The molecule has 2 aromatic carbocycles. The van der Waals surface area contributed by atoms with Gasteiger partial charge in [0.25, 0.3) is 0 Å². The van der Waals surface area contributed by atoms with Crippen molar-refractivity contribution in [3.05, 3.63) is 70.4 Å². The minimum absolute atomic E-state index is 0.0573. The number of hydrogen-bond donors (Lipinski definition) is 1. The highest BCUT2D eigenvalue weighted by atomic mass is 35.5. The van der Waals surface area contributed by atoms with Gasteiger partial charge in [-0.1, -0.05) is 81.4 Å². The minimum atomic E-state index is -0.0573. The highest BCUT2D eigenvalue weighted by Gasteiger charge is 2.16. The zero-order valence-corrected chi connectivity index (χ0v) is 20.1. The number of carbonyl (C=O) groups excluding carboxylic acids is 1. The van der Waals surface area contributed by atoms with Crippen molar-refractivity contribution in [1.29, 1.82) is 0 Å². The number of aromatic nitrogens is 2. The van der Waals surface area contributed by atoms with E-state index in [0.29, 0.717) is 22.0 Å². The predicted octanol–water partition coefficient (Wildman–Crippen LogP) is 7.08. The standard InChI is InChI=1S/C25H28ClN3OS/c1-15(2)20-7-6-8-21(16(3)4)24(20)29-23(30)14-31-25-27-17(5)13-22(28-25)18-9-11-19(26)12-10-18/h6-13,15-16H,14H2,1-5H3,(H,29,30). The maximum atomic E-state index is 12.8. The molecule has 0 aliphatic carbocycles. The fourth-order valence-electron chi connectivity index (χ4n) is 3.38. The minimum Gasteiger partial charge on any atom is -0.325 e. The Morgan fingerprint density at radius 3 is 2.19 bits per heavy atom. The first-order valence-corrected chi connectivity index (χ1v) is 11.8. The summed E-state index contributed by atoms with van der Waals surface area (Å²) in [6, 6.07) is 15.7. The molecule has 4 nitrogen and oxygen atoms in total. The lowest BCUT2D eigenvalue weighted by Crippen LogP contribution is -2.18. The molecule has 0 saturated carbocycles. The summed E-state index contributed by atoms with van der Waals surface area (Å²) >= 11 is 7.33. The van der Waals surface area contributed by atoms with Gasteiger partial charge in [0.05, 0.1) is 11.4 Å². The number of nitrogens with one attached hydrogen (secondary N) is 1. The van der Waals surface area contributed by atoms with E-state index in [2.05, 4.69) is 61.2 Å². The van der Waals surface area contributed by atoms with Crippen LogP contribution in [0.2, 0.25) is 5.02 Å². The van der Waals surface area contributed by atoms with Crippen molar-refractivity contribution in [2.75, 3.05) is 11.1 Å². The van der Waals surface area contributed by atoms with E-state index in [1.165, 1.54) is 11.8 Å². The van der Waals surface area contributed by atoms with Gasteiger partial charge in [-0.3, -0.25) is 4.79 Å². The van der Waals surface area contributed by atoms with Gasteiger partial charge in [-0.2, -0.15) is 0 Å². The third kappa shape index (κ3) is 6.08. The van der Waals surface area contributed by atoms with Crippen molar-refractivity contribution in [2.24, 2.45) is 0 Å². The van der Waals surface area contributed by atoms with Gasteiger partial charge in [0.2, 0.25) is 5.91 Å². The van der Waals surface area contributed by atoms with Crippen LogP contribution in [0.4, 0.5) is 5.69 Å². The average molecular weight is 454 g/mol. The number of benzene rings is 2. The van der Waals surface area contributed by atoms with Gasteiger partial charge in [-0.15, -0.1) is 0 Å². The van der Waals surface area contributed by atoms with E-state index >= 15 is 0 Å². The summed E-state index contributed by atoms with van der Waals surface area (Å²) in [5.41, 5.74) is 5.89. The van der Waals surface area contributed by atoms with Crippen molar-refractivity contribution in [1.82, 2.24) is 9.97 Å². The van der Waals surface area contributed by atoms with E-state index in [0.717, 1.165) is 33.8 Å². The van der Waals surface area contributed by atoms with Crippen LogP contribution >= 0.6 is 23.4 Å². The molecule has 0 aliphatic rings.